The number of carbonyl (C=O) groups is 1. The molecule has 0 bridgehead atoms. The zero-order valence-corrected chi connectivity index (χ0v) is 16.6. The molecule has 1 atom stereocenters. The molecular weight excluding hydrogens is 390 g/mol. The summed E-state index contributed by atoms with van der Waals surface area (Å²) in [7, 11) is 0. The Morgan fingerprint density at radius 2 is 2.00 bits per heavy atom. The van der Waals surface area contributed by atoms with Crippen LogP contribution in [0.4, 0.5) is 22.4 Å². The van der Waals surface area contributed by atoms with E-state index < -0.39 is 36.2 Å². The normalized spacial score (nSPS) is 15.7. The number of nitrogens with zero attached hydrogens (tertiary/aromatic N) is 2. The zero-order chi connectivity index (χ0) is 21.8. The van der Waals surface area contributed by atoms with Gasteiger partial charge in [0, 0.05) is 30.7 Å². The van der Waals surface area contributed by atoms with Crippen molar-refractivity contribution in [3.05, 3.63) is 35.1 Å². The van der Waals surface area contributed by atoms with Crippen molar-refractivity contribution < 1.29 is 27.1 Å². The Labute approximate surface area is 167 Å². The lowest BCUT2D eigenvalue weighted by atomic mass is 9.98. The molecule has 1 aromatic rings. The van der Waals surface area contributed by atoms with Crippen LogP contribution in [0.5, 0.6) is 0 Å². The number of nitriles is 1. The van der Waals surface area contributed by atoms with Gasteiger partial charge in [-0.3, -0.25) is 4.90 Å². The summed E-state index contributed by atoms with van der Waals surface area (Å²) in [6.45, 7) is 5.26. The van der Waals surface area contributed by atoms with Gasteiger partial charge in [0.15, 0.2) is 0 Å². The van der Waals surface area contributed by atoms with Gasteiger partial charge < -0.3 is 10.1 Å². The van der Waals surface area contributed by atoms with Crippen LogP contribution >= 0.6 is 0 Å². The van der Waals surface area contributed by atoms with E-state index in [1.54, 1.807) is 31.7 Å². The average Bonchev–Trinajstić information content (AvgIpc) is 3.40. The molecule has 1 amide bonds. The third-order valence-corrected chi connectivity index (χ3v) is 4.39. The fourth-order valence-electron chi connectivity index (χ4n) is 3.12. The highest BCUT2D eigenvalue weighted by Gasteiger charge is 2.42. The highest BCUT2D eigenvalue weighted by Crippen LogP contribution is 2.41. The van der Waals surface area contributed by atoms with Crippen molar-refractivity contribution in [1.29, 1.82) is 5.26 Å². The first kappa shape index (κ1) is 22.9. The first-order chi connectivity index (χ1) is 13.4. The topological polar surface area (TPSA) is 65.4 Å². The monoisotopic (exact) mass is 415 g/mol. The summed E-state index contributed by atoms with van der Waals surface area (Å²) in [5.41, 5.74) is -1.15. The number of alkyl halides is 3. The molecule has 1 fully saturated rings. The maximum atomic E-state index is 14.7. The van der Waals surface area contributed by atoms with Gasteiger partial charge in [0.2, 0.25) is 0 Å². The van der Waals surface area contributed by atoms with Crippen molar-refractivity contribution in [2.45, 2.75) is 63.9 Å². The standard InChI is InChI=1S/C20H25F4N3O2/c1-19(2,3)29-18(28)26-9-10-27(14-7-8-14)16(11-20(22,23)24)15-6-4-5-13(12-25)17(15)21/h4-6,14,16H,7-11H2,1-3H3,(H,26,28). The summed E-state index contributed by atoms with van der Waals surface area (Å²) in [5, 5.41) is 11.6. The Morgan fingerprint density at radius 1 is 1.34 bits per heavy atom. The second-order valence-corrected chi connectivity index (χ2v) is 8.05. The molecule has 29 heavy (non-hydrogen) atoms. The maximum Gasteiger partial charge on any atom is 0.407 e. The number of ether oxygens (including phenoxy) is 1. The van der Waals surface area contributed by atoms with Gasteiger partial charge in [-0.1, -0.05) is 12.1 Å². The largest absolute Gasteiger partial charge is 0.444 e. The van der Waals surface area contributed by atoms with Crippen molar-refractivity contribution in [3.8, 4) is 6.07 Å². The number of rotatable bonds is 7. The summed E-state index contributed by atoms with van der Waals surface area (Å²) in [5.74, 6) is -0.935. The molecule has 1 N–H and O–H groups in total. The van der Waals surface area contributed by atoms with Crippen molar-refractivity contribution in [2.75, 3.05) is 13.1 Å². The number of hydrogen-bond donors (Lipinski definition) is 1. The number of halogens is 4. The molecule has 1 aliphatic rings. The first-order valence-electron chi connectivity index (χ1n) is 9.39. The smallest absolute Gasteiger partial charge is 0.407 e. The van der Waals surface area contributed by atoms with Crippen LogP contribution in [0, 0.1) is 17.1 Å². The molecular formula is C20H25F4N3O2. The van der Waals surface area contributed by atoms with E-state index in [4.69, 9.17) is 10.00 Å². The van der Waals surface area contributed by atoms with Crippen LogP contribution in [0.15, 0.2) is 18.2 Å². The number of benzene rings is 1. The van der Waals surface area contributed by atoms with Gasteiger partial charge in [0.1, 0.15) is 17.5 Å². The lowest BCUT2D eigenvalue weighted by Crippen LogP contribution is -2.41. The predicted molar refractivity (Wildman–Crippen MR) is 98.5 cm³/mol. The van der Waals surface area contributed by atoms with E-state index in [-0.39, 0.29) is 30.3 Å². The number of carbonyl (C=O) groups excluding carboxylic acids is 1. The fourth-order valence-corrected chi connectivity index (χ4v) is 3.12. The van der Waals surface area contributed by atoms with Crippen LogP contribution < -0.4 is 5.32 Å². The number of nitrogens with one attached hydrogen (secondary N) is 1. The van der Waals surface area contributed by atoms with E-state index >= 15 is 0 Å². The molecule has 1 aliphatic carbocycles. The van der Waals surface area contributed by atoms with E-state index in [1.807, 2.05) is 0 Å². The molecule has 160 valence electrons. The van der Waals surface area contributed by atoms with Gasteiger partial charge in [-0.05, 0) is 39.7 Å². The Hall–Kier alpha value is -2.34. The molecule has 9 heteroatoms. The predicted octanol–water partition coefficient (Wildman–Crippen LogP) is 4.68. The quantitative estimate of drug-likeness (QED) is 0.657. The molecule has 1 saturated carbocycles. The van der Waals surface area contributed by atoms with Crippen LogP contribution in [0.25, 0.3) is 0 Å². The van der Waals surface area contributed by atoms with E-state index in [0.29, 0.717) is 12.8 Å². The highest BCUT2D eigenvalue weighted by atomic mass is 19.4. The minimum atomic E-state index is -4.52. The molecule has 0 radical (unpaired) electrons. The Kier molecular flexibility index (Phi) is 7.11. The van der Waals surface area contributed by atoms with E-state index in [0.717, 1.165) is 0 Å². The van der Waals surface area contributed by atoms with Crippen LogP contribution in [0.3, 0.4) is 0 Å². The van der Waals surface area contributed by atoms with Gasteiger partial charge >= 0.3 is 12.3 Å². The first-order valence-corrected chi connectivity index (χ1v) is 9.39. The molecule has 5 nitrogen and oxygen atoms in total. The Bertz CT molecular complexity index is 764. The van der Waals surface area contributed by atoms with Gasteiger partial charge in [-0.15, -0.1) is 0 Å². The van der Waals surface area contributed by atoms with E-state index in [1.165, 1.54) is 18.2 Å². The highest BCUT2D eigenvalue weighted by molar-refractivity contribution is 5.67. The van der Waals surface area contributed by atoms with Crippen molar-refractivity contribution >= 4 is 6.09 Å². The summed E-state index contributed by atoms with van der Waals surface area (Å²) < 4.78 is 59.6. The van der Waals surface area contributed by atoms with Crippen molar-refractivity contribution in [1.82, 2.24) is 10.2 Å². The number of hydrogen-bond acceptors (Lipinski definition) is 4. The summed E-state index contributed by atoms with van der Waals surface area (Å²) in [4.78, 5) is 13.4. The fraction of sp³-hybridized carbons (Fsp3) is 0.600. The lowest BCUT2D eigenvalue weighted by molar-refractivity contribution is -0.149. The molecule has 0 aliphatic heterocycles. The summed E-state index contributed by atoms with van der Waals surface area (Å²) in [6, 6.07) is 4.15. The Balaban J connectivity index is 2.21. The molecule has 0 heterocycles. The minimum absolute atomic E-state index is 0.0549. The molecule has 0 saturated heterocycles. The SMILES string of the molecule is CC(C)(C)OC(=O)NCCN(C1CC1)C(CC(F)(F)F)c1cccc(C#N)c1F. The summed E-state index contributed by atoms with van der Waals surface area (Å²) in [6.07, 6.45) is -5.05. The van der Waals surface area contributed by atoms with Crippen LogP contribution in [0.2, 0.25) is 0 Å². The van der Waals surface area contributed by atoms with Gasteiger partial charge in [0.05, 0.1) is 12.0 Å². The third-order valence-electron chi connectivity index (χ3n) is 4.39. The Morgan fingerprint density at radius 3 is 2.52 bits per heavy atom. The van der Waals surface area contributed by atoms with Gasteiger partial charge in [0.25, 0.3) is 0 Å². The zero-order valence-electron chi connectivity index (χ0n) is 16.6. The molecule has 0 aromatic heterocycles. The second kappa shape index (κ2) is 8.99. The average molecular weight is 415 g/mol. The third kappa shape index (κ3) is 7.20. The second-order valence-electron chi connectivity index (χ2n) is 8.05. The van der Waals surface area contributed by atoms with Crippen molar-refractivity contribution in [3.63, 3.8) is 0 Å². The maximum absolute atomic E-state index is 14.7. The van der Waals surface area contributed by atoms with Gasteiger partial charge in [-0.25, -0.2) is 9.18 Å². The minimum Gasteiger partial charge on any atom is -0.444 e. The van der Waals surface area contributed by atoms with Crippen molar-refractivity contribution in [2.24, 2.45) is 0 Å². The lowest BCUT2D eigenvalue weighted by Gasteiger charge is -2.33. The number of amides is 1. The molecule has 1 unspecified atom stereocenters. The molecule has 1 aromatic carbocycles. The van der Waals surface area contributed by atoms with Crippen LogP contribution in [-0.4, -0.2) is 41.9 Å². The van der Waals surface area contributed by atoms with E-state index in [2.05, 4.69) is 5.32 Å². The van der Waals surface area contributed by atoms with E-state index in [9.17, 15) is 22.4 Å². The van der Waals surface area contributed by atoms with Crippen LogP contribution in [0.1, 0.15) is 57.2 Å². The number of alkyl carbamates (subject to hydrolysis) is 1. The van der Waals surface area contributed by atoms with Crippen LogP contribution in [-0.2, 0) is 4.74 Å². The molecule has 0 spiro atoms. The summed E-state index contributed by atoms with van der Waals surface area (Å²) >= 11 is 0. The van der Waals surface area contributed by atoms with Gasteiger partial charge in [-0.2, -0.15) is 18.4 Å². The molecule has 2 rings (SSSR count).